The van der Waals surface area contributed by atoms with Crippen LogP contribution in [-0.2, 0) is 11.2 Å². The maximum Gasteiger partial charge on any atom is 0.319 e. The molecular formula is C33H34F2N6O2. The molecule has 3 aromatic rings. The molecule has 3 fully saturated rings. The van der Waals surface area contributed by atoms with Crippen molar-refractivity contribution in [3.8, 4) is 17.1 Å². The van der Waals surface area contributed by atoms with Gasteiger partial charge in [0.2, 0.25) is 12.5 Å². The topological polar surface area (TPSA) is 66.2 Å². The number of likely N-dealkylation sites (tertiary alicyclic amines) is 1. The van der Waals surface area contributed by atoms with Gasteiger partial charge in [-0.15, -0.1) is 0 Å². The summed E-state index contributed by atoms with van der Waals surface area (Å²) < 4.78 is 38.8. The van der Waals surface area contributed by atoms with Gasteiger partial charge in [-0.3, -0.25) is 4.79 Å². The molecule has 2 aliphatic carbocycles. The fourth-order valence-electron chi connectivity index (χ4n) is 7.35. The number of amides is 1. The predicted octanol–water partition coefficient (Wildman–Crippen LogP) is 4.83. The van der Waals surface area contributed by atoms with Crippen LogP contribution in [0.2, 0.25) is 0 Å². The minimum absolute atomic E-state index is 0.00505. The summed E-state index contributed by atoms with van der Waals surface area (Å²) in [5.41, 5.74) is 2.78. The number of anilines is 1. The van der Waals surface area contributed by atoms with Crippen LogP contribution in [0.15, 0.2) is 36.9 Å². The van der Waals surface area contributed by atoms with Crippen molar-refractivity contribution in [3.63, 3.8) is 0 Å². The number of benzene rings is 2. The summed E-state index contributed by atoms with van der Waals surface area (Å²) in [7, 11) is 2.05. The zero-order chi connectivity index (χ0) is 29.8. The van der Waals surface area contributed by atoms with Gasteiger partial charge < -0.3 is 24.3 Å². The highest BCUT2D eigenvalue weighted by Crippen LogP contribution is 2.59. The Kier molecular flexibility index (Phi) is 7.01. The summed E-state index contributed by atoms with van der Waals surface area (Å²) in [6, 6.07) is 6.89. The average molecular weight is 585 g/mol. The van der Waals surface area contributed by atoms with Gasteiger partial charge in [0.15, 0.2) is 5.82 Å². The average Bonchev–Trinajstić information content (AvgIpc) is 3.48. The number of ether oxygens (including phenoxy) is 1. The summed E-state index contributed by atoms with van der Waals surface area (Å²) in [5.74, 6) is -0.367. The van der Waals surface area contributed by atoms with Crippen LogP contribution in [0.25, 0.3) is 26.9 Å². The molecule has 2 aliphatic heterocycles. The number of hydrogen-bond acceptors (Lipinski definition) is 6. The molecule has 0 N–H and O–H groups in total. The van der Waals surface area contributed by atoms with Crippen LogP contribution in [0, 0.1) is 24.1 Å². The molecule has 0 spiro atoms. The van der Waals surface area contributed by atoms with E-state index < -0.39 is 17.7 Å². The van der Waals surface area contributed by atoms with Gasteiger partial charge in [-0.2, -0.15) is 9.97 Å². The number of piperazine rings is 1. The van der Waals surface area contributed by atoms with Gasteiger partial charge in [0.25, 0.3) is 0 Å². The predicted molar refractivity (Wildman–Crippen MR) is 160 cm³/mol. The molecule has 7 rings (SSSR count). The van der Waals surface area contributed by atoms with Gasteiger partial charge in [-0.1, -0.05) is 24.8 Å². The second kappa shape index (κ2) is 10.9. The Morgan fingerprint density at radius 3 is 2.86 bits per heavy atom. The standard InChI is InChI=1S/C33H34F2N6O2/c1-4-27(42)41-12-11-40(17-22(41)16-36-2)32-25-15-26(34)29(23-9-5-7-19-13-20-14-24(20)28(19)23)30(35)31(25)37-33(38-32)43-18-21-8-6-10-39(21)3/h4-5,7,9,15,20-22,24H,1,6,8,10-14,16-18H2,3H3/t20-,21-,22-,24+/m0/s1. The van der Waals surface area contributed by atoms with Gasteiger partial charge in [0, 0.05) is 31.1 Å². The number of aromatic nitrogens is 2. The molecule has 1 amide bonds. The third-order valence-electron chi connectivity index (χ3n) is 9.70. The Morgan fingerprint density at radius 2 is 2.09 bits per heavy atom. The molecule has 3 heterocycles. The van der Waals surface area contributed by atoms with Gasteiger partial charge in [0.1, 0.15) is 29.8 Å². The van der Waals surface area contributed by atoms with E-state index >= 15 is 8.78 Å². The molecule has 2 saturated heterocycles. The number of fused-ring (bicyclic) bond motifs is 4. The lowest BCUT2D eigenvalue weighted by Gasteiger charge is -2.39. The molecular weight excluding hydrogens is 550 g/mol. The lowest BCUT2D eigenvalue weighted by molar-refractivity contribution is -0.128. The van der Waals surface area contributed by atoms with E-state index in [1.807, 2.05) is 24.1 Å². The molecule has 2 aromatic carbocycles. The molecule has 0 unspecified atom stereocenters. The molecule has 222 valence electrons. The van der Waals surface area contributed by atoms with E-state index in [1.165, 1.54) is 17.7 Å². The van der Waals surface area contributed by atoms with Crippen LogP contribution in [-0.4, -0.2) is 84.1 Å². The first kappa shape index (κ1) is 27.7. The van der Waals surface area contributed by atoms with Crippen LogP contribution >= 0.6 is 0 Å². The molecule has 4 aliphatic rings. The van der Waals surface area contributed by atoms with Crippen molar-refractivity contribution in [2.75, 3.05) is 51.3 Å². The van der Waals surface area contributed by atoms with E-state index in [2.05, 4.69) is 27.4 Å². The highest BCUT2D eigenvalue weighted by molar-refractivity contribution is 5.95. The first-order chi connectivity index (χ1) is 20.9. The minimum atomic E-state index is -0.725. The fourth-order valence-corrected chi connectivity index (χ4v) is 7.35. The number of hydrogen-bond donors (Lipinski definition) is 0. The number of carbonyl (C=O) groups is 1. The minimum Gasteiger partial charge on any atom is -0.462 e. The Hall–Kier alpha value is -4.10. The van der Waals surface area contributed by atoms with Crippen molar-refractivity contribution in [2.24, 2.45) is 5.92 Å². The molecule has 1 aromatic heterocycles. The zero-order valence-electron chi connectivity index (χ0n) is 24.2. The molecule has 43 heavy (non-hydrogen) atoms. The second-order valence-corrected chi connectivity index (χ2v) is 12.2. The summed E-state index contributed by atoms with van der Waals surface area (Å²) in [6.07, 6.45) is 5.32. The monoisotopic (exact) mass is 584 g/mol. The molecule has 8 nitrogen and oxygen atoms in total. The second-order valence-electron chi connectivity index (χ2n) is 12.2. The van der Waals surface area contributed by atoms with Crippen molar-refractivity contribution in [1.82, 2.24) is 19.8 Å². The highest BCUT2D eigenvalue weighted by Gasteiger charge is 2.46. The smallest absolute Gasteiger partial charge is 0.319 e. The normalized spacial score (nSPS) is 24.5. The van der Waals surface area contributed by atoms with Gasteiger partial charge in [-0.05, 0) is 79.9 Å². The van der Waals surface area contributed by atoms with Crippen LogP contribution in [0.5, 0.6) is 6.01 Å². The maximum atomic E-state index is 16.7. The Balaban J connectivity index is 1.33. The SMILES string of the molecule is [C-]#[N+]C[C@H]1CN(c2nc(OC[C@@H]3CCCN3C)nc3c(F)c(-c4cccc5c4[C@@H]4C[C@@H]4C5)c(F)cc23)CCN1C(=O)C=C. The Labute approximate surface area is 249 Å². The third-order valence-corrected chi connectivity index (χ3v) is 9.70. The van der Waals surface area contributed by atoms with Crippen molar-refractivity contribution in [1.29, 1.82) is 0 Å². The van der Waals surface area contributed by atoms with Gasteiger partial charge >= 0.3 is 6.01 Å². The molecule has 1 saturated carbocycles. The number of likely N-dealkylation sites (N-methyl/N-ethyl adjacent to an activating group) is 1. The van der Waals surface area contributed by atoms with Crippen LogP contribution in [0.3, 0.4) is 0 Å². The van der Waals surface area contributed by atoms with Crippen molar-refractivity contribution >= 4 is 22.6 Å². The molecule has 10 heteroatoms. The van der Waals surface area contributed by atoms with Gasteiger partial charge in [-0.25, -0.2) is 15.4 Å². The van der Waals surface area contributed by atoms with E-state index in [0.29, 0.717) is 42.9 Å². The van der Waals surface area contributed by atoms with Crippen molar-refractivity contribution in [2.45, 2.75) is 43.7 Å². The zero-order valence-corrected chi connectivity index (χ0v) is 24.2. The Bertz CT molecular complexity index is 1670. The van der Waals surface area contributed by atoms with E-state index in [0.717, 1.165) is 37.8 Å². The number of carbonyl (C=O) groups excluding carboxylic acids is 1. The summed E-state index contributed by atoms with van der Waals surface area (Å²) >= 11 is 0. The largest absolute Gasteiger partial charge is 0.462 e. The summed E-state index contributed by atoms with van der Waals surface area (Å²) in [4.78, 5) is 31.0. The van der Waals surface area contributed by atoms with E-state index in [9.17, 15) is 4.79 Å². The first-order valence-corrected chi connectivity index (χ1v) is 15.0. The number of rotatable bonds is 7. The Morgan fingerprint density at radius 1 is 1.23 bits per heavy atom. The molecule has 0 radical (unpaired) electrons. The van der Waals surface area contributed by atoms with E-state index in [-0.39, 0.29) is 47.5 Å². The lowest BCUT2D eigenvalue weighted by Crippen LogP contribution is -2.56. The quantitative estimate of drug-likeness (QED) is 0.293. The first-order valence-electron chi connectivity index (χ1n) is 15.0. The third kappa shape index (κ3) is 4.80. The molecule has 0 bridgehead atoms. The lowest BCUT2D eigenvalue weighted by atomic mass is 9.93. The number of halogens is 2. The van der Waals surface area contributed by atoms with Crippen molar-refractivity contribution < 1.29 is 18.3 Å². The fraction of sp³-hybridized carbons (Fsp3) is 0.455. The van der Waals surface area contributed by atoms with Gasteiger partial charge in [0.05, 0.1) is 5.56 Å². The highest BCUT2D eigenvalue weighted by atomic mass is 19.1. The summed E-state index contributed by atoms with van der Waals surface area (Å²) in [6.45, 7) is 13.4. The van der Waals surface area contributed by atoms with Crippen LogP contribution < -0.4 is 9.64 Å². The van der Waals surface area contributed by atoms with Crippen LogP contribution in [0.4, 0.5) is 14.6 Å². The number of nitrogens with zero attached hydrogens (tertiary/aromatic N) is 6. The van der Waals surface area contributed by atoms with Crippen molar-refractivity contribution in [3.05, 3.63) is 71.1 Å². The molecule has 4 atom stereocenters. The maximum absolute atomic E-state index is 16.7. The van der Waals surface area contributed by atoms with E-state index in [1.54, 1.807) is 4.90 Å². The van der Waals surface area contributed by atoms with E-state index in [4.69, 9.17) is 16.3 Å². The van der Waals surface area contributed by atoms with Crippen LogP contribution in [0.1, 0.15) is 36.3 Å². The summed E-state index contributed by atoms with van der Waals surface area (Å²) in [5, 5.41) is 0.242.